The minimum atomic E-state index is -0.638. The number of nitrogens with two attached hydrogens (primary N) is 1. The molecule has 0 atom stereocenters. The van der Waals surface area contributed by atoms with E-state index in [1.807, 2.05) is 18.2 Å². The van der Waals surface area contributed by atoms with Crippen molar-refractivity contribution in [3.8, 4) is 11.1 Å². The lowest BCUT2D eigenvalue weighted by molar-refractivity contribution is 0.0977. The Morgan fingerprint density at radius 2 is 1.24 bits per heavy atom. The van der Waals surface area contributed by atoms with Crippen LogP contribution in [-0.4, -0.2) is 17.5 Å². The first-order chi connectivity index (χ1) is 12.1. The van der Waals surface area contributed by atoms with E-state index in [9.17, 15) is 14.4 Å². The molecule has 1 aliphatic rings. The number of amides is 1. The van der Waals surface area contributed by atoms with Gasteiger partial charge in [-0.3, -0.25) is 14.4 Å². The van der Waals surface area contributed by atoms with Crippen LogP contribution in [0.3, 0.4) is 0 Å². The molecule has 0 bridgehead atoms. The van der Waals surface area contributed by atoms with Gasteiger partial charge in [0.05, 0.1) is 0 Å². The second-order valence-electron chi connectivity index (χ2n) is 5.84. The maximum atomic E-state index is 13.1. The molecule has 0 spiro atoms. The number of fused-ring (bicyclic) bond motifs is 2. The summed E-state index contributed by atoms with van der Waals surface area (Å²) in [5.41, 5.74) is 8.11. The van der Waals surface area contributed by atoms with Crippen LogP contribution in [0.4, 0.5) is 0 Å². The normalized spacial score (nSPS) is 12.5. The van der Waals surface area contributed by atoms with Gasteiger partial charge in [0.1, 0.15) is 0 Å². The van der Waals surface area contributed by atoms with Gasteiger partial charge in [0.2, 0.25) is 5.91 Å². The minimum Gasteiger partial charge on any atom is -0.366 e. The van der Waals surface area contributed by atoms with Crippen molar-refractivity contribution in [1.82, 2.24) is 0 Å². The van der Waals surface area contributed by atoms with E-state index in [1.165, 1.54) is 12.1 Å². The summed E-state index contributed by atoms with van der Waals surface area (Å²) in [5, 5.41) is 0. The second kappa shape index (κ2) is 5.53. The predicted octanol–water partition coefficient (Wildman–Crippen LogP) is 3.23. The molecular formula is C21H13NO3. The summed E-state index contributed by atoms with van der Waals surface area (Å²) in [7, 11) is 0. The number of rotatable bonds is 2. The van der Waals surface area contributed by atoms with Crippen LogP contribution in [0, 0.1) is 0 Å². The molecule has 0 aliphatic heterocycles. The summed E-state index contributed by atoms with van der Waals surface area (Å²) < 4.78 is 0. The number of hydrogen-bond donors (Lipinski definition) is 1. The summed E-state index contributed by atoms with van der Waals surface area (Å²) in [5.74, 6) is -1.13. The summed E-state index contributed by atoms with van der Waals surface area (Å²) in [6.45, 7) is 0. The lowest BCUT2D eigenvalue weighted by atomic mass is 9.79. The second-order valence-corrected chi connectivity index (χ2v) is 5.84. The fourth-order valence-electron chi connectivity index (χ4n) is 3.30. The average Bonchev–Trinajstić information content (AvgIpc) is 2.65. The van der Waals surface area contributed by atoms with E-state index in [1.54, 1.807) is 36.4 Å². The van der Waals surface area contributed by atoms with Gasteiger partial charge >= 0.3 is 0 Å². The fraction of sp³-hybridized carbons (Fsp3) is 0. The topological polar surface area (TPSA) is 77.2 Å². The average molecular weight is 327 g/mol. The number of benzene rings is 3. The molecule has 1 amide bonds. The molecule has 0 unspecified atom stereocenters. The molecular weight excluding hydrogens is 314 g/mol. The van der Waals surface area contributed by atoms with Crippen molar-refractivity contribution in [3.05, 3.63) is 94.5 Å². The highest BCUT2D eigenvalue weighted by atomic mass is 16.1. The van der Waals surface area contributed by atoms with Gasteiger partial charge in [-0.05, 0) is 17.7 Å². The zero-order chi connectivity index (χ0) is 17.6. The van der Waals surface area contributed by atoms with Gasteiger partial charge < -0.3 is 5.73 Å². The van der Waals surface area contributed by atoms with E-state index in [0.717, 1.165) is 0 Å². The zero-order valence-electron chi connectivity index (χ0n) is 13.2. The molecule has 2 N–H and O–H groups in total. The van der Waals surface area contributed by atoms with Crippen molar-refractivity contribution in [3.63, 3.8) is 0 Å². The molecule has 25 heavy (non-hydrogen) atoms. The molecule has 0 saturated heterocycles. The lowest BCUT2D eigenvalue weighted by Crippen LogP contribution is -2.24. The predicted molar refractivity (Wildman–Crippen MR) is 93.7 cm³/mol. The highest BCUT2D eigenvalue weighted by Gasteiger charge is 2.33. The monoisotopic (exact) mass is 327 g/mol. The van der Waals surface area contributed by atoms with E-state index in [0.29, 0.717) is 27.8 Å². The van der Waals surface area contributed by atoms with Gasteiger partial charge in [0.25, 0.3) is 0 Å². The molecule has 4 heteroatoms. The first kappa shape index (κ1) is 15.0. The first-order valence-corrected chi connectivity index (χ1v) is 7.80. The number of hydrogen-bond acceptors (Lipinski definition) is 3. The van der Waals surface area contributed by atoms with Crippen molar-refractivity contribution in [2.45, 2.75) is 0 Å². The number of primary amides is 1. The smallest absolute Gasteiger partial charge is 0.249 e. The Morgan fingerprint density at radius 1 is 0.640 bits per heavy atom. The summed E-state index contributed by atoms with van der Waals surface area (Å²) in [6, 6.07) is 18.8. The number of carbonyl (C=O) groups excluding carboxylic acids is 3. The zero-order valence-corrected chi connectivity index (χ0v) is 13.2. The largest absolute Gasteiger partial charge is 0.366 e. The molecule has 0 saturated carbocycles. The third-order valence-electron chi connectivity index (χ3n) is 4.42. The van der Waals surface area contributed by atoms with Crippen LogP contribution < -0.4 is 5.73 Å². The number of carbonyl (C=O) groups is 3. The molecule has 3 aromatic carbocycles. The highest BCUT2D eigenvalue weighted by Crippen LogP contribution is 2.36. The summed E-state index contributed by atoms with van der Waals surface area (Å²) in [6.07, 6.45) is 0. The van der Waals surface area contributed by atoms with Gasteiger partial charge in [-0.1, -0.05) is 54.6 Å². The lowest BCUT2D eigenvalue weighted by Gasteiger charge is -2.22. The summed E-state index contributed by atoms with van der Waals surface area (Å²) in [4.78, 5) is 37.9. The highest BCUT2D eigenvalue weighted by molar-refractivity contribution is 6.31. The quantitative estimate of drug-likeness (QED) is 0.614. The van der Waals surface area contributed by atoms with E-state index in [-0.39, 0.29) is 22.7 Å². The fourth-order valence-corrected chi connectivity index (χ4v) is 3.30. The summed E-state index contributed by atoms with van der Waals surface area (Å²) >= 11 is 0. The molecule has 4 nitrogen and oxygen atoms in total. The van der Waals surface area contributed by atoms with E-state index < -0.39 is 5.91 Å². The number of ketones is 2. The van der Waals surface area contributed by atoms with Gasteiger partial charge in [0.15, 0.2) is 11.6 Å². The van der Waals surface area contributed by atoms with Crippen LogP contribution in [0.2, 0.25) is 0 Å². The third kappa shape index (κ3) is 2.19. The Bertz CT molecular complexity index is 1050. The van der Waals surface area contributed by atoms with Crippen molar-refractivity contribution >= 4 is 17.5 Å². The van der Waals surface area contributed by atoms with Crippen LogP contribution in [0.1, 0.15) is 42.2 Å². The van der Waals surface area contributed by atoms with E-state index in [4.69, 9.17) is 5.73 Å². The Hall–Kier alpha value is -3.53. The van der Waals surface area contributed by atoms with Crippen LogP contribution in [0.25, 0.3) is 11.1 Å². The van der Waals surface area contributed by atoms with E-state index >= 15 is 0 Å². The molecule has 0 radical (unpaired) electrons. The molecule has 120 valence electrons. The molecule has 0 fully saturated rings. The van der Waals surface area contributed by atoms with Gasteiger partial charge in [-0.15, -0.1) is 0 Å². The van der Waals surface area contributed by atoms with Crippen molar-refractivity contribution < 1.29 is 14.4 Å². The van der Waals surface area contributed by atoms with Crippen LogP contribution >= 0.6 is 0 Å². The van der Waals surface area contributed by atoms with Gasteiger partial charge in [-0.2, -0.15) is 0 Å². The van der Waals surface area contributed by atoms with Crippen LogP contribution in [-0.2, 0) is 0 Å². The van der Waals surface area contributed by atoms with Gasteiger partial charge in [0, 0.05) is 33.4 Å². The van der Waals surface area contributed by atoms with Gasteiger partial charge in [-0.25, -0.2) is 0 Å². The maximum absolute atomic E-state index is 13.1. The van der Waals surface area contributed by atoms with Crippen LogP contribution in [0.15, 0.2) is 66.7 Å². The molecule has 0 aromatic heterocycles. The molecule has 0 heterocycles. The van der Waals surface area contributed by atoms with Crippen molar-refractivity contribution in [2.75, 3.05) is 0 Å². The maximum Gasteiger partial charge on any atom is 0.249 e. The Morgan fingerprint density at radius 3 is 1.88 bits per heavy atom. The molecule has 1 aliphatic carbocycles. The minimum absolute atomic E-state index is 0.224. The van der Waals surface area contributed by atoms with Crippen molar-refractivity contribution in [1.29, 1.82) is 0 Å². The van der Waals surface area contributed by atoms with Crippen molar-refractivity contribution in [2.24, 2.45) is 5.73 Å². The Kier molecular flexibility index (Phi) is 3.32. The van der Waals surface area contributed by atoms with E-state index in [2.05, 4.69) is 0 Å². The molecule has 4 rings (SSSR count). The SMILES string of the molecule is NC(=O)c1ccc2c(c1-c1ccccc1)C(=O)c1ccccc1C2=O. The Labute approximate surface area is 143 Å². The third-order valence-corrected chi connectivity index (χ3v) is 4.42. The standard InChI is InChI=1S/C21H13NO3/c22-21(25)16-11-10-15-18(17(16)12-6-2-1-3-7-12)20(24)14-9-5-4-8-13(14)19(15)23/h1-11H,(H2,22,25). The Balaban J connectivity index is 2.10. The first-order valence-electron chi connectivity index (χ1n) is 7.80. The van der Waals surface area contributed by atoms with Crippen LogP contribution in [0.5, 0.6) is 0 Å². The molecule has 3 aromatic rings.